The maximum atomic E-state index is 13.6. The molecule has 3 saturated heterocycles. The molecule has 8 aromatic rings. The predicted octanol–water partition coefficient (Wildman–Crippen LogP) is 12.3. The quantitative estimate of drug-likeness (QED) is 0.118. The second-order valence-corrected chi connectivity index (χ2v) is 24.6. The smallest absolute Gasteiger partial charge is 0.399 e. The number of nitrogens with zero attached hydrogens (tertiary/aromatic N) is 12. The van der Waals surface area contributed by atoms with Gasteiger partial charge in [-0.25, -0.2) is 34.5 Å². The van der Waals surface area contributed by atoms with Gasteiger partial charge in [0.1, 0.15) is 23.0 Å². The fourth-order valence-electron chi connectivity index (χ4n) is 10.2. The number of aryl methyl sites for hydroxylation is 2. The molecule has 0 spiro atoms. The van der Waals surface area contributed by atoms with Crippen molar-refractivity contribution in [2.24, 2.45) is 0 Å². The van der Waals surface area contributed by atoms with E-state index in [4.69, 9.17) is 9.31 Å². The third-order valence-corrected chi connectivity index (χ3v) is 17.4. The van der Waals surface area contributed by atoms with Crippen molar-refractivity contribution in [3.05, 3.63) is 136 Å². The Balaban J connectivity index is 0.000000142. The number of hydrogen-bond donors (Lipinski definition) is 2. The summed E-state index contributed by atoms with van der Waals surface area (Å²) in [6.45, 7) is 15.0. The third kappa shape index (κ3) is 12.2. The summed E-state index contributed by atoms with van der Waals surface area (Å²) in [5.74, 6) is 1.58. The second kappa shape index (κ2) is 22.7. The van der Waals surface area contributed by atoms with Crippen LogP contribution in [-0.4, -0.2) is 109 Å². The number of pyridine rings is 6. The van der Waals surface area contributed by atoms with Gasteiger partial charge in [-0.3, -0.25) is 35.4 Å². The van der Waals surface area contributed by atoms with Crippen molar-refractivity contribution >= 4 is 97.2 Å². The summed E-state index contributed by atoms with van der Waals surface area (Å²) in [6, 6.07) is 17.9. The number of carbonyl (C=O) groups excluding carboxylic acids is 2. The topological polar surface area (TPSA) is 193 Å². The van der Waals surface area contributed by atoms with Crippen LogP contribution in [-0.2, 0) is 21.7 Å². The van der Waals surface area contributed by atoms with E-state index in [0.29, 0.717) is 47.7 Å². The Morgan fingerprint density at radius 1 is 0.607 bits per heavy atom. The van der Waals surface area contributed by atoms with Gasteiger partial charge in [0, 0.05) is 79.0 Å². The van der Waals surface area contributed by atoms with Crippen LogP contribution in [0.1, 0.15) is 61.9 Å². The molecule has 0 radical (unpaired) electrons. The summed E-state index contributed by atoms with van der Waals surface area (Å²) in [5.41, 5.74) is 1.10. The average Bonchev–Trinajstić information content (AvgIpc) is 2.12. The van der Waals surface area contributed by atoms with Gasteiger partial charge in [0.05, 0.1) is 65.7 Å². The monoisotopic (exact) mass is 1250 g/mol. The molecule has 434 valence electrons. The van der Waals surface area contributed by atoms with Crippen molar-refractivity contribution < 1.29 is 45.2 Å². The molecule has 0 aliphatic carbocycles. The van der Waals surface area contributed by atoms with Crippen LogP contribution in [0.25, 0.3) is 33.0 Å². The fourth-order valence-corrected chi connectivity index (χ4v) is 12.0. The predicted molar refractivity (Wildman–Crippen MR) is 314 cm³/mol. The zero-order valence-electron chi connectivity index (χ0n) is 45.8. The van der Waals surface area contributed by atoms with E-state index in [-0.39, 0.29) is 41.5 Å². The van der Waals surface area contributed by atoms with Crippen LogP contribution in [0.4, 0.5) is 70.6 Å². The van der Waals surface area contributed by atoms with Crippen LogP contribution >= 0.6 is 38.6 Å². The first-order valence-corrected chi connectivity index (χ1v) is 28.9. The van der Waals surface area contributed by atoms with E-state index in [0.717, 1.165) is 91.5 Å². The van der Waals surface area contributed by atoms with Crippen molar-refractivity contribution in [2.75, 3.05) is 56.4 Å². The number of thiazole rings is 2. The van der Waals surface area contributed by atoms with Gasteiger partial charge in [0.25, 0.3) is 0 Å². The Hall–Kier alpha value is -7.66. The van der Waals surface area contributed by atoms with Gasteiger partial charge in [-0.2, -0.15) is 26.3 Å². The van der Waals surface area contributed by atoms with Crippen LogP contribution in [0.2, 0.25) is 0 Å². The van der Waals surface area contributed by atoms with Crippen LogP contribution in [0.15, 0.2) is 114 Å². The first kappa shape index (κ1) is 58.1. The number of halogens is 7. The molecule has 0 aromatic carbocycles. The third-order valence-electron chi connectivity index (χ3n) is 15.0. The highest BCUT2D eigenvalue weighted by Crippen LogP contribution is 2.44. The lowest BCUT2D eigenvalue weighted by Crippen LogP contribution is -2.48. The number of fused-ring (bicyclic) bond motifs is 8. The fraction of sp³-hybridized carbons (Fsp3) is 0.321. The average molecular weight is 1250 g/mol. The number of urea groups is 2. The Labute approximate surface area is 495 Å². The van der Waals surface area contributed by atoms with Crippen LogP contribution in [0.3, 0.4) is 0 Å². The van der Waals surface area contributed by atoms with Crippen LogP contribution in [0, 0.1) is 13.8 Å². The molecule has 3 fully saturated rings. The highest BCUT2D eigenvalue weighted by molar-refractivity contribution is 9.10. The van der Waals surface area contributed by atoms with E-state index < -0.39 is 35.8 Å². The summed E-state index contributed by atoms with van der Waals surface area (Å²) < 4.78 is 92.6. The van der Waals surface area contributed by atoms with Gasteiger partial charge in [-0.15, -0.1) is 22.7 Å². The van der Waals surface area contributed by atoms with E-state index in [1.165, 1.54) is 12.1 Å². The minimum atomic E-state index is -4.57. The minimum Gasteiger partial charge on any atom is -0.399 e. The van der Waals surface area contributed by atoms with Crippen LogP contribution < -0.4 is 35.0 Å². The van der Waals surface area contributed by atoms with E-state index >= 15 is 0 Å². The Morgan fingerprint density at radius 2 is 1.07 bits per heavy atom. The lowest BCUT2D eigenvalue weighted by molar-refractivity contribution is -0.141. The lowest BCUT2D eigenvalue weighted by Gasteiger charge is -2.35. The summed E-state index contributed by atoms with van der Waals surface area (Å²) in [4.78, 5) is 68.2. The molecular formula is C56H52BBrF6N14O4S2. The summed E-state index contributed by atoms with van der Waals surface area (Å²) in [5, 5.41) is 7.65. The van der Waals surface area contributed by atoms with Crippen molar-refractivity contribution in [3.8, 4) is 33.0 Å². The zero-order valence-corrected chi connectivity index (χ0v) is 49.0. The number of anilines is 6. The van der Waals surface area contributed by atoms with E-state index in [2.05, 4.69) is 104 Å². The van der Waals surface area contributed by atoms with Gasteiger partial charge in [-0.1, -0.05) is 15.9 Å². The van der Waals surface area contributed by atoms with Gasteiger partial charge in [-0.05, 0) is 133 Å². The molecule has 5 aliphatic rings. The Bertz CT molecular complexity index is 3780. The summed E-state index contributed by atoms with van der Waals surface area (Å²) >= 11 is 6.52. The molecule has 4 bridgehead atoms. The Morgan fingerprint density at radius 3 is 1.54 bits per heavy atom. The molecule has 13 rings (SSSR count). The molecule has 84 heavy (non-hydrogen) atoms. The molecule has 13 heterocycles. The molecule has 28 heteroatoms. The molecule has 0 saturated carbocycles. The zero-order chi connectivity index (χ0) is 59.5. The molecule has 4 amide bonds. The number of alkyl halides is 6. The second-order valence-electron chi connectivity index (χ2n) is 21.2. The maximum absolute atomic E-state index is 13.6. The van der Waals surface area contributed by atoms with Gasteiger partial charge in [0.15, 0.2) is 11.6 Å². The molecule has 0 unspecified atom stereocenters. The largest absolute Gasteiger partial charge is 0.507 e. The van der Waals surface area contributed by atoms with Gasteiger partial charge >= 0.3 is 31.5 Å². The lowest BCUT2D eigenvalue weighted by atomic mass is 9.89. The molecule has 18 nitrogen and oxygen atoms in total. The molecular weight excluding hydrogens is 1200 g/mol. The van der Waals surface area contributed by atoms with Crippen molar-refractivity contribution in [3.63, 3.8) is 0 Å². The summed E-state index contributed by atoms with van der Waals surface area (Å²) in [7, 11) is -0.263. The SMILES string of the molecule is Cc1ncc(-c2ccnc(NC(=O)N3c4nc(-c5ccnc(C(F)(F)F)c5)ccc4N4CC[C@H]3C4)c2)s1.Cc1ncc(B2OC(C)(C)C(C)(C)O2)s1.O=C(Nc1cc(Br)ccn1)N1c2nc(-c3ccnc(C(F)(F)F)c3)ccc2N2CC[C@H]1C2. The van der Waals surface area contributed by atoms with E-state index in [1.807, 2.05) is 26.1 Å². The van der Waals surface area contributed by atoms with E-state index in [9.17, 15) is 35.9 Å². The number of amides is 4. The van der Waals surface area contributed by atoms with Crippen molar-refractivity contribution in [2.45, 2.75) is 90.0 Å². The number of carbonyl (C=O) groups is 2. The van der Waals surface area contributed by atoms with Gasteiger partial charge in [0.2, 0.25) is 0 Å². The highest BCUT2D eigenvalue weighted by atomic mass is 79.9. The summed E-state index contributed by atoms with van der Waals surface area (Å²) in [6.07, 6.45) is 1.41. The normalized spacial score (nSPS) is 18.1. The Kier molecular flexibility index (Phi) is 15.7. The number of nitrogens with one attached hydrogen (secondary N) is 2. The number of hydrogen-bond acceptors (Lipinski definition) is 16. The first-order chi connectivity index (χ1) is 39.9. The first-order valence-electron chi connectivity index (χ1n) is 26.5. The molecule has 2 N–H and O–H groups in total. The maximum Gasteiger partial charge on any atom is 0.507 e. The van der Waals surface area contributed by atoms with Crippen molar-refractivity contribution in [1.29, 1.82) is 0 Å². The molecule has 2 atom stereocenters. The van der Waals surface area contributed by atoms with Gasteiger partial charge < -0.3 is 19.1 Å². The highest BCUT2D eigenvalue weighted by Gasteiger charge is 2.52. The number of rotatable bonds is 6. The number of aromatic nitrogens is 8. The minimum absolute atomic E-state index is 0.0967. The molecule has 8 aromatic heterocycles. The van der Waals surface area contributed by atoms with Crippen LogP contribution in [0.5, 0.6) is 0 Å². The van der Waals surface area contributed by atoms with E-state index in [1.54, 1.807) is 93.5 Å². The standard InChI is InChI=1S/C25H20F3N7OS.C21H16BrF3N6O.C10H16BNO2S/c1-14-31-12-20(37-14)16-5-8-30-22(11-16)33-24(36)35-17-6-9-34(13-17)19-3-2-18(32-23(19)35)15-4-7-29-21(10-15)25(26,27)28;22-13-4-7-27-18(10-13)29-20(32)31-14-5-8-30(11-14)16-2-1-15(28-19(16)31)12-3-6-26-17(9-12)21(23,24)25;1-7-12-6-8(15-7)11-13-9(2,3)10(4,5)14-11/h2-5,7-8,10-12,17H,6,9,13H2,1H3,(H,30,33,36);1-4,6-7,9-10,14H,5,8,11H2,(H,27,29,32);6H,1-5H3/t17-;14-;/m00./s1. The van der Waals surface area contributed by atoms with Crippen molar-refractivity contribution in [1.82, 2.24) is 39.9 Å². The molecule has 5 aliphatic heterocycles.